The number of carbonyl (C=O) groups is 1. The minimum absolute atomic E-state index is 0.163. The van der Waals surface area contributed by atoms with Crippen molar-refractivity contribution in [2.75, 3.05) is 50.1 Å². The molecule has 26 heavy (non-hydrogen) atoms. The molecule has 2 aromatic carbocycles. The monoisotopic (exact) mass is 378 g/mol. The van der Waals surface area contributed by atoms with E-state index in [1.807, 2.05) is 24.3 Å². The highest BCUT2D eigenvalue weighted by atomic mass is 35.5. The third-order valence-corrected chi connectivity index (χ3v) is 4.76. The van der Waals surface area contributed by atoms with Gasteiger partial charge in [-0.2, -0.15) is 0 Å². The van der Waals surface area contributed by atoms with Crippen LogP contribution in [0.3, 0.4) is 0 Å². The number of anilines is 2. The molecule has 138 valence electrons. The van der Waals surface area contributed by atoms with Gasteiger partial charge in [0.2, 0.25) is 0 Å². The van der Waals surface area contributed by atoms with Gasteiger partial charge in [0, 0.05) is 10.7 Å². The summed E-state index contributed by atoms with van der Waals surface area (Å²) in [5.41, 5.74) is 1.31. The second-order valence-electron chi connectivity index (χ2n) is 6.28. The molecule has 5 nitrogen and oxygen atoms in total. The van der Waals surface area contributed by atoms with E-state index in [1.54, 1.807) is 13.2 Å². The average Bonchev–Trinajstić information content (AvgIpc) is 2.65. The molecule has 0 atom stereocenters. The van der Waals surface area contributed by atoms with Crippen LogP contribution in [0.1, 0.15) is 0 Å². The van der Waals surface area contributed by atoms with Gasteiger partial charge < -0.3 is 19.9 Å². The Morgan fingerprint density at radius 1 is 1.23 bits per heavy atom. The molecule has 7 heteroatoms. The SMILES string of the molecule is COc1ccc(N2CC[NH+](CC(=O)Nc3ccc(Cl)cc3F)CC2)cc1. The lowest BCUT2D eigenvalue weighted by molar-refractivity contribution is -0.892. The van der Waals surface area contributed by atoms with Crippen LogP contribution in [0, 0.1) is 5.82 Å². The molecule has 1 saturated heterocycles. The third-order valence-electron chi connectivity index (χ3n) is 4.52. The van der Waals surface area contributed by atoms with Gasteiger partial charge in [0.05, 0.1) is 39.0 Å². The lowest BCUT2D eigenvalue weighted by Gasteiger charge is -2.33. The molecule has 0 spiro atoms. The lowest BCUT2D eigenvalue weighted by Crippen LogP contribution is -3.15. The molecule has 0 radical (unpaired) electrons. The second kappa shape index (κ2) is 8.38. The highest BCUT2D eigenvalue weighted by molar-refractivity contribution is 6.30. The number of benzene rings is 2. The van der Waals surface area contributed by atoms with E-state index in [0.717, 1.165) is 37.6 Å². The third kappa shape index (κ3) is 4.65. The normalized spacial score (nSPS) is 15.0. The van der Waals surface area contributed by atoms with E-state index >= 15 is 0 Å². The fraction of sp³-hybridized carbons (Fsp3) is 0.316. The molecule has 0 unspecified atom stereocenters. The summed E-state index contributed by atoms with van der Waals surface area (Å²) in [5.74, 6) is 0.119. The fourth-order valence-electron chi connectivity index (χ4n) is 3.06. The minimum Gasteiger partial charge on any atom is -0.497 e. The van der Waals surface area contributed by atoms with Crippen LogP contribution in [0.4, 0.5) is 15.8 Å². The number of hydrogen-bond donors (Lipinski definition) is 2. The van der Waals surface area contributed by atoms with Gasteiger partial charge in [0.1, 0.15) is 11.6 Å². The van der Waals surface area contributed by atoms with Gasteiger partial charge >= 0.3 is 0 Å². The number of rotatable bonds is 5. The number of piperazine rings is 1. The highest BCUT2D eigenvalue weighted by Gasteiger charge is 2.22. The zero-order valence-corrected chi connectivity index (χ0v) is 15.4. The average molecular weight is 379 g/mol. The van der Waals surface area contributed by atoms with E-state index in [-0.39, 0.29) is 11.6 Å². The summed E-state index contributed by atoms with van der Waals surface area (Å²) in [6, 6.07) is 12.2. The first-order valence-electron chi connectivity index (χ1n) is 8.52. The molecular formula is C19H22ClFN3O2+. The number of amides is 1. The van der Waals surface area contributed by atoms with E-state index in [0.29, 0.717) is 11.6 Å². The van der Waals surface area contributed by atoms with Crippen molar-refractivity contribution in [2.45, 2.75) is 0 Å². The number of carbonyl (C=O) groups excluding carboxylic acids is 1. The summed E-state index contributed by atoms with van der Waals surface area (Å²) in [7, 11) is 1.65. The summed E-state index contributed by atoms with van der Waals surface area (Å²) in [6.45, 7) is 3.75. The van der Waals surface area contributed by atoms with Crippen molar-refractivity contribution in [3.05, 3.63) is 53.3 Å². The van der Waals surface area contributed by atoms with Crippen molar-refractivity contribution >= 4 is 28.9 Å². The van der Waals surface area contributed by atoms with E-state index in [4.69, 9.17) is 16.3 Å². The van der Waals surface area contributed by atoms with Crippen LogP contribution >= 0.6 is 11.6 Å². The Morgan fingerprint density at radius 3 is 2.54 bits per heavy atom. The first-order chi connectivity index (χ1) is 12.5. The van der Waals surface area contributed by atoms with Crippen LogP contribution in [-0.4, -0.2) is 45.7 Å². The Bertz CT molecular complexity index is 762. The van der Waals surface area contributed by atoms with Gasteiger partial charge in [-0.1, -0.05) is 11.6 Å². The smallest absolute Gasteiger partial charge is 0.279 e. The molecule has 0 saturated carbocycles. The molecule has 0 aromatic heterocycles. The molecular weight excluding hydrogens is 357 g/mol. The molecule has 1 aliphatic heterocycles. The number of ether oxygens (including phenoxy) is 1. The largest absolute Gasteiger partial charge is 0.497 e. The zero-order chi connectivity index (χ0) is 18.5. The number of nitrogens with one attached hydrogen (secondary N) is 2. The molecule has 1 amide bonds. The topological polar surface area (TPSA) is 46.0 Å². The molecule has 2 N–H and O–H groups in total. The Hall–Kier alpha value is -2.31. The van der Waals surface area contributed by atoms with Gasteiger partial charge in [-0.15, -0.1) is 0 Å². The predicted octanol–water partition coefficient (Wildman–Crippen LogP) is 1.83. The van der Waals surface area contributed by atoms with E-state index in [2.05, 4.69) is 10.2 Å². The quantitative estimate of drug-likeness (QED) is 0.834. The maximum Gasteiger partial charge on any atom is 0.279 e. The van der Waals surface area contributed by atoms with Crippen LogP contribution in [0.5, 0.6) is 5.75 Å². The van der Waals surface area contributed by atoms with E-state index < -0.39 is 5.82 Å². The number of nitrogens with zero attached hydrogens (tertiary/aromatic N) is 1. The second-order valence-corrected chi connectivity index (χ2v) is 6.72. The van der Waals surface area contributed by atoms with E-state index in [1.165, 1.54) is 17.0 Å². The van der Waals surface area contributed by atoms with Crippen LogP contribution in [0.15, 0.2) is 42.5 Å². The van der Waals surface area contributed by atoms with Crippen molar-refractivity contribution < 1.29 is 18.8 Å². The minimum atomic E-state index is -0.523. The van der Waals surface area contributed by atoms with Crippen LogP contribution in [0.2, 0.25) is 5.02 Å². The Balaban J connectivity index is 1.49. The summed E-state index contributed by atoms with van der Waals surface area (Å²) in [4.78, 5) is 15.7. The Labute approximate surface area is 157 Å². The van der Waals surface area contributed by atoms with Gasteiger partial charge in [-0.05, 0) is 42.5 Å². The van der Waals surface area contributed by atoms with Crippen LogP contribution in [0.25, 0.3) is 0 Å². The van der Waals surface area contributed by atoms with Gasteiger partial charge in [0.15, 0.2) is 6.54 Å². The van der Waals surface area contributed by atoms with Crippen molar-refractivity contribution in [1.29, 1.82) is 0 Å². The number of halogens is 2. The summed E-state index contributed by atoms with van der Waals surface area (Å²) >= 11 is 5.72. The molecule has 2 aromatic rings. The van der Waals surface area contributed by atoms with Gasteiger partial charge in [-0.3, -0.25) is 4.79 Å². The molecule has 1 heterocycles. The van der Waals surface area contributed by atoms with Crippen molar-refractivity contribution in [1.82, 2.24) is 0 Å². The standard InChI is InChI=1S/C19H21ClFN3O2/c1-26-16-5-3-15(4-6-16)24-10-8-23(9-11-24)13-19(25)22-18-7-2-14(20)12-17(18)21/h2-7,12H,8-11,13H2,1H3,(H,22,25)/p+1. The summed E-state index contributed by atoms with van der Waals surface area (Å²) in [6.07, 6.45) is 0. The molecule has 3 rings (SSSR count). The maximum absolute atomic E-state index is 13.8. The van der Waals surface area contributed by atoms with Crippen LogP contribution < -0.4 is 19.9 Å². The maximum atomic E-state index is 13.8. The first kappa shape index (κ1) is 18.5. The van der Waals surface area contributed by atoms with Crippen molar-refractivity contribution in [3.8, 4) is 5.75 Å². The number of methoxy groups -OCH3 is 1. The van der Waals surface area contributed by atoms with Crippen molar-refractivity contribution in [2.24, 2.45) is 0 Å². The highest BCUT2D eigenvalue weighted by Crippen LogP contribution is 2.19. The first-order valence-corrected chi connectivity index (χ1v) is 8.90. The summed E-state index contributed by atoms with van der Waals surface area (Å²) in [5, 5.41) is 2.93. The molecule has 0 aliphatic carbocycles. The number of quaternary nitrogens is 1. The molecule has 1 aliphatic rings. The van der Waals surface area contributed by atoms with Gasteiger partial charge in [0.25, 0.3) is 5.91 Å². The van der Waals surface area contributed by atoms with Crippen LogP contribution in [-0.2, 0) is 4.79 Å². The van der Waals surface area contributed by atoms with Crippen molar-refractivity contribution in [3.63, 3.8) is 0 Å². The molecule has 1 fully saturated rings. The zero-order valence-electron chi connectivity index (χ0n) is 14.6. The predicted molar refractivity (Wildman–Crippen MR) is 101 cm³/mol. The fourth-order valence-corrected chi connectivity index (χ4v) is 3.22. The Kier molecular flexibility index (Phi) is 5.96. The molecule has 0 bridgehead atoms. The summed E-state index contributed by atoms with van der Waals surface area (Å²) < 4.78 is 18.9. The van der Waals surface area contributed by atoms with Gasteiger partial charge in [-0.25, -0.2) is 4.39 Å². The number of hydrogen-bond acceptors (Lipinski definition) is 3. The lowest BCUT2D eigenvalue weighted by atomic mass is 10.2. The van der Waals surface area contributed by atoms with E-state index in [9.17, 15) is 9.18 Å². The Morgan fingerprint density at radius 2 is 1.92 bits per heavy atom.